The third-order valence-electron chi connectivity index (χ3n) is 2.62. The third kappa shape index (κ3) is 3.31. The molecule has 0 aliphatic carbocycles. The highest BCUT2D eigenvalue weighted by atomic mass is 32.2. The lowest BCUT2D eigenvalue weighted by Gasteiger charge is -2.08. The number of hydrogen-bond acceptors (Lipinski definition) is 5. The molecule has 1 N–H and O–H groups in total. The maximum Gasteiger partial charge on any atom is 0.174 e. The number of benzene rings is 1. The molecule has 1 aromatic carbocycles. The summed E-state index contributed by atoms with van der Waals surface area (Å²) >= 11 is 3.05. The molecule has 0 aliphatic rings. The average molecular weight is 280 g/mol. The van der Waals surface area contributed by atoms with Gasteiger partial charge in [0.05, 0.1) is 6.10 Å². The number of nitrogens with zero attached hydrogens (tertiary/aromatic N) is 2. The van der Waals surface area contributed by atoms with Gasteiger partial charge in [0.25, 0.3) is 0 Å². The van der Waals surface area contributed by atoms with E-state index < -0.39 is 0 Å². The van der Waals surface area contributed by atoms with Gasteiger partial charge in [0.1, 0.15) is 5.82 Å². The Kier molecular flexibility index (Phi) is 4.74. The lowest BCUT2D eigenvalue weighted by molar-refractivity contribution is 0.173. The highest BCUT2D eigenvalue weighted by Gasteiger charge is 2.07. The molecule has 1 aromatic heterocycles. The second-order valence-corrected chi connectivity index (χ2v) is 6.00. The van der Waals surface area contributed by atoms with Crippen molar-refractivity contribution in [1.82, 2.24) is 9.36 Å². The van der Waals surface area contributed by atoms with E-state index in [1.165, 1.54) is 11.5 Å². The molecule has 2 rings (SSSR count). The van der Waals surface area contributed by atoms with E-state index in [0.29, 0.717) is 0 Å². The summed E-state index contributed by atoms with van der Waals surface area (Å²) in [5.41, 5.74) is 0.966. The van der Waals surface area contributed by atoms with Crippen molar-refractivity contribution in [2.24, 2.45) is 0 Å². The molecule has 0 spiro atoms. The van der Waals surface area contributed by atoms with Crippen LogP contribution in [-0.2, 0) is 6.42 Å². The normalized spacial score (nSPS) is 12.6. The summed E-state index contributed by atoms with van der Waals surface area (Å²) in [6, 6.07) is 7.98. The fourth-order valence-electron chi connectivity index (χ4n) is 1.52. The quantitative estimate of drug-likeness (QED) is 0.907. The Hall–Kier alpha value is -0.910. The Labute approximate surface area is 115 Å². The zero-order valence-electron chi connectivity index (χ0n) is 10.5. The van der Waals surface area contributed by atoms with E-state index in [-0.39, 0.29) is 6.10 Å². The molecule has 18 heavy (non-hydrogen) atoms. The average Bonchev–Trinajstić information content (AvgIpc) is 2.86. The van der Waals surface area contributed by atoms with Crippen LogP contribution in [0.3, 0.4) is 0 Å². The van der Waals surface area contributed by atoms with Crippen LogP contribution in [0.5, 0.6) is 0 Å². The van der Waals surface area contributed by atoms with Crippen LogP contribution in [0.25, 0.3) is 0 Å². The highest BCUT2D eigenvalue weighted by Crippen LogP contribution is 2.30. The number of aromatic nitrogens is 2. The number of aryl methyl sites for hydroxylation is 1. The fourth-order valence-corrected chi connectivity index (χ4v) is 3.19. The lowest BCUT2D eigenvalue weighted by Crippen LogP contribution is -1.93. The van der Waals surface area contributed by atoms with Gasteiger partial charge in [-0.1, -0.05) is 37.7 Å². The van der Waals surface area contributed by atoms with Crippen LogP contribution in [0.4, 0.5) is 0 Å². The molecule has 5 heteroatoms. The second-order valence-electron chi connectivity index (χ2n) is 3.93. The van der Waals surface area contributed by atoms with Crippen LogP contribution in [0.15, 0.2) is 33.5 Å². The SMILES string of the molecule is CCc1nsc(Sc2ccc([C@@H](O)CC)cc2)n1. The van der Waals surface area contributed by atoms with Gasteiger partial charge in [0, 0.05) is 11.3 Å². The van der Waals surface area contributed by atoms with E-state index in [1.54, 1.807) is 11.8 Å². The topological polar surface area (TPSA) is 46.0 Å². The van der Waals surface area contributed by atoms with Crippen molar-refractivity contribution >= 4 is 23.3 Å². The molecule has 3 nitrogen and oxygen atoms in total. The molecule has 0 fully saturated rings. The molecule has 0 saturated carbocycles. The van der Waals surface area contributed by atoms with Gasteiger partial charge in [-0.15, -0.1) is 0 Å². The molecule has 0 amide bonds. The van der Waals surface area contributed by atoms with Crippen LogP contribution in [0.2, 0.25) is 0 Å². The van der Waals surface area contributed by atoms with Crippen LogP contribution >= 0.6 is 23.3 Å². The van der Waals surface area contributed by atoms with Crippen molar-refractivity contribution in [3.63, 3.8) is 0 Å². The Morgan fingerprint density at radius 1 is 1.28 bits per heavy atom. The van der Waals surface area contributed by atoms with E-state index in [9.17, 15) is 5.11 Å². The molecule has 0 saturated heterocycles. The predicted octanol–water partition coefficient (Wildman–Crippen LogP) is 3.70. The van der Waals surface area contributed by atoms with Crippen LogP contribution in [-0.4, -0.2) is 14.5 Å². The summed E-state index contributed by atoms with van der Waals surface area (Å²) in [7, 11) is 0. The van der Waals surface area contributed by atoms with Gasteiger partial charge < -0.3 is 5.11 Å². The number of rotatable bonds is 5. The molecule has 1 heterocycles. The van der Waals surface area contributed by atoms with Gasteiger partial charge in [0.15, 0.2) is 4.34 Å². The summed E-state index contributed by atoms with van der Waals surface area (Å²) in [4.78, 5) is 5.54. The smallest absolute Gasteiger partial charge is 0.174 e. The Balaban J connectivity index is 2.06. The molecule has 0 bridgehead atoms. The van der Waals surface area contributed by atoms with Crippen LogP contribution in [0.1, 0.15) is 37.8 Å². The Morgan fingerprint density at radius 2 is 2.00 bits per heavy atom. The summed E-state index contributed by atoms with van der Waals surface area (Å²) in [6.07, 6.45) is 1.25. The molecule has 2 aromatic rings. The summed E-state index contributed by atoms with van der Waals surface area (Å²) in [6.45, 7) is 4.03. The zero-order chi connectivity index (χ0) is 13.0. The standard InChI is InChI=1S/C13H16N2OS2/c1-3-11(16)9-5-7-10(8-6-9)17-13-14-12(4-2)15-18-13/h5-8,11,16H,3-4H2,1-2H3/t11-/m0/s1. The zero-order valence-corrected chi connectivity index (χ0v) is 12.1. The van der Waals surface area contributed by atoms with E-state index in [0.717, 1.165) is 33.5 Å². The Bertz CT molecular complexity index is 496. The van der Waals surface area contributed by atoms with Crippen molar-refractivity contribution in [3.05, 3.63) is 35.7 Å². The van der Waals surface area contributed by atoms with Gasteiger partial charge in [-0.2, -0.15) is 4.37 Å². The van der Waals surface area contributed by atoms with Crippen molar-refractivity contribution < 1.29 is 5.11 Å². The first-order chi connectivity index (χ1) is 8.72. The molecular weight excluding hydrogens is 264 g/mol. The van der Waals surface area contributed by atoms with Crippen molar-refractivity contribution in [2.45, 2.75) is 42.0 Å². The van der Waals surface area contributed by atoms with E-state index >= 15 is 0 Å². The van der Waals surface area contributed by atoms with E-state index in [2.05, 4.69) is 16.3 Å². The minimum atomic E-state index is -0.364. The summed E-state index contributed by atoms with van der Waals surface area (Å²) < 4.78 is 5.23. The largest absolute Gasteiger partial charge is 0.388 e. The number of hydrogen-bond donors (Lipinski definition) is 1. The predicted molar refractivity (Wildman–Crippen MR) is 75.1 cm³/mol. The van der Waals surface area contributed by atoms with Crippen molar-refractivity contribution in [1.29, 1.82) is 0 Å². The minimum Gasteiger partial charge on any atom is -0.388 e. The molecular formula is C13H16N2OS2. The van der Waals surface area contributed by atoms with Crippen molar-refractivity contribution in [3.8, 4) is 0 Å². The van der Waals surface area contributed by atoms with Gasteiger partial charge in [0.2, 0.25) is 0 Å². The van der Waals surface area contributed by atoms with E-state index in [4.69, 9.17) is 0 Å². The fraction of sp³-hybridized carbons (Fsp3) is 0.385. The summed E-state index contributed by atoms with van der Waals surface area (Å²) in [5, 5.41) is 9.72. The monoisotopic (exact) mass is 280 g/mol. The second kappa shape index (κ2) is 6.31. The first-order valence-corrected chi connectivity index (χ1v) is 7.60. The number of aliphatic hydroxyl groups is 1. The van der Waals surface area contributed by atoms with Gasteiger partial charge in [-0.25, -0.2) is 4.98 Å². The molecule has 0 radical (unpaired) electrons. The maximum atomic E-state index is 9.72. The summed E-state index contributed by atoms with van der Waals surface area (Å²) in [5.74, 6) is 0.903. The molecule has 1 atom stereocenters. The maximum absolute atomic E-state index is 9.72. The molecule has 0 aliphatic heterocycles. The van der Waals surface area contributed by atoms with Crippen LogP contribution < -0.4 is 0 Å². The van der Waals surface area contributed by atoms with Crippen LogP contribution in [0, 0.1) is 0 Å². The number of aliphatic hydroxyl groups excluding tert-OH is 1. The van der Waals surface area contributed by atoms with Gasteiger partial charge in [-0.3, -0.25) is 0 Å². The third-order valence-corrected chi connectivity index (χ3v) is 4.42. The molecule has 0 unspecified atom stereocenters. The Morgan fingerprint density at radius 3 is 2.56 bits per heavy atom. The minimum absolute atomic E-state index is 0.364. The van der Waals surface area contributed by atoms with Crippen molar-refractivity contribution in [2.75, 3.05) is 0 Å². The first kappa shape index (κ1) is 13.5. The highest BCUT2D eigenvalue weighted by molar-refractivity contribution is 8.01. The van der Waals surface area contributed by atoms with Gasteiger partial charge >= 0.3 is 0 Å². The van der Waals surface area contributed by atoms with Gasteiger partial charge in [-0.05, 0) is 35.6 Å². The first-order valence-electron chi connectivity index (χ1n) is 6.01. The lowest BCUT2D eigenvalue weighted by atomic mass is 10.1. The van der Waals surface area contributed by atoms with E-state index in [1.807, 2.05) is 31.2 Å². The molecule has 96 valence electrons.